The second-order valence-corrected chi connectivity index (χ2v) is 6.59. The Labute approximate surface area is 130 Å². The first-order valence-electron chi connectivity index (χ1n) is 8.51. The van der Waals surface area contributed by atoms with Crippen molar-refractivity contribution in [2.24, 2.45) is 5.92 Å². The van der Waals surface area contributed by atoms with Crippen LogP contribution in [0.2, 0.25) is 0 Å². The van der Waals surface area contributed by atoms with E-state index < -0.39 is 0 Å². The summed E-state index contributed by atoms with van der Waals surface area (Å²) in [5, 5.41) is 12.7. The fourth-order valence-electron chi connectivity index (χ4n) is 3.12. The zero-order chi connectivity index (χ0) is 15.6. The SMILES string of the molecule is CCCNC(C)(C#N)CCCCN1CCCC(COC)C1. The molecule has 1 aliphatic rings. The first kappa shape index (κ1) is 18.4. The number of rotatable bonds is 10. The van der Waals surface area contributed by atoms with E-state index in [0.717, 1.165) is 39.0 Å². The zero-order valence-electron chi connectivity index (χ0n) is 14.2. The molecule has 1 fully saturated rings. The maximum atomic E-state index is 9.32. The Balaban J connectivity index is 2.19. The van der Waals surface area contributed by atoms with Gasteiger partial charge in [0.25, 0.3) is 0 Å². The number of nitrogens with zero attached hydrogens (tertiary/aromatic N) is 2. The van der Waals surface area contributed by atoms with Crippen LogP contribution in [0.5, 0.6) is 0 Å². The first-order valence-corrected chi connectivity index (χ1v) is 8.51. The van der Waals surface area contributed by atoms with Crippen LogP contribution in [-0.4, -0.2) is 50.3 Å². The number of unbranched alkanes of at least 4 members (excludes halogenated alkanes) is 1. The fourth-order valence-corrected chi connectivity index (χ4v) is 3.12. The summed E-state index contributed by atoms with van der Waals surface area (Å²) in [4.78, 5) is 2.57. The molecule has 1 aliphatic heterocycles. The van der Waals surface area contributed by atoms with Gasteiger partial charge in [-0.2, -0.15) is 5.26 Å². The normalized spacial score (nSPS) is 22.7. The van der Waals surface area contributed by atoms with Gasteiger partial charge in [0.05, 0.1) is 12.7 Å². The Kier molecular flexibility index (Phi) is 8.91. The predicted octanol–water partition coefficient (Wildman–Crippen LogP) is 2.80. The Morgan fingerprint density at radius 3 is 2.90 bits per heavy atom. The summed E-state index contributed by atoms with van der Waals surface area (Å²) in [7, 11) is 1.80. The number of hydrogen-bond donors (Lipinski definition) is 1. The smallest absolute Gasteiger partial charge is 0.103 e. The van der Waals surface area contributed by atoms with E-state index >= 15 is 0 Å². The van der Waals surface area contributed by atoms with Gasteiger partial charge in [0.1, 0.15) is 5.54 Å². The number of nitriles is 1. The van der Waals surface area contributed by atoms with Gasteiger partial charge in [-0.15, -0.1) is 0 Å². The summed E-state index contributed by atoms with van der Waals surface area (Å²) in [5.41, 5.74) is -0.351. The third-order valence-corrected chi connectivity index (χ3v) is 4.42. The van der Waals surface area contributed by atoms with Crippen LogP contribution < -0.4 is 5.32 Å². The van der Waals surface area contributed by atoms with E-state index in [2.05, 4.69) is 23.2 Å². The highest BCUT2D eigenvalue weighted by Gasteiger charge is 2.23. The van der Waals surface area contributed by atoms with E-state index in [1.165, 1.54) is 32.4 Å². The molecule has 0 radical (unpaired) electrons. The van der Waals surface area contributed by atoms with Gasteiger partial charge in [-0.25, -0.2) is 0 Å². The van der Waals surface area contributed by atoms with Gasteiger partial charge < -0.3 is 9.64 Å². The van der Waals surface area contributed by atoms with Gasteiger partial charge in [0.2, 0.25) is 0 Å². The summed E-state index contributed by atoms with van der Waals surface area (Å²) >= 11 is 0. The van der Waals surface area contributed by atoms with Crippen LogP contribution in [0.4, 0.5) is 0 Å². The van der Waals surface area contributed by atoms with E-state index in [-0.39, 0.29) is 5.54 Å². The molecule has 0 aromatic carbocycles. The monoisotopic (exact) mass is 295 g/mol. The molecule has 0 amide bonds. The molecule has 4 nitrogen and oxygen atoms in total. The summed E-state index contributed by atoms with van der Waals surface area (Å²) in [6.45, 7) is 9.55. The number of piperidine rings is 1. The van der Waals surface area contributed by atoms with E-state index in [9.17, 15) is 5.26 Å². The van der Waals surface area contributed by atoms with Crippen LogP contribution in [0.25, 0.3) is 0 Å². The largest absolute Gasteiger partial charge is 0.384 e. The Bertz CT molecular complexity index is 314. The lowest BCUT2D eigenvalue weighted by atomic mass is 9.95. The minimum atomic E-state index is -0.351. The van der Waals surface area contributed by atoms with Crippen molar-refractivity contribution in [3.8, 4) is 6.07 Å². The van der Waals surface area contributed by atoms with E-state index in [1.807, 2.05) is 6.92 Å². The number of ether oxygens (including phenoxy) is 1. The van der Waals surface area contributed by atoms with E-state index in [1.54, 1.807) is 7.11 Å². The van der Waals surface area contributed by atoms with Crippen molar-refractivity contribution in [2.45, 2.75) is 57.9 Å². The molecule has 1 rings (SSSR count). The number of methoxy groups -OCH3 is 1. The van der Waals surface area contributed by atoms with Crippen molar-refractivity contribution in [3.63, 3.8) is 0 Å². The molecule has 4 heteroatoms. The zero-order valence-corrected chi connectivity index (χ0v) is 14.2. The van der Waals surface area contributed by atoms with Crippen molar-refractivity contribution in [3.05, 3.63) is 0 Å². The number of nitrogens with one attached hydrogen (secondary N) is 1. The second-order valence-electron chi connectivity index (χ2n) is 6.59. The van der Waals surface area contributed by atoms with Crippen molar-refractivity contribution >= 4 is 0 Å². The lowest BCUT2D eigenvalue weighted by Gasteiger charge is -2.32. The maximum absolute atomic E-state index is 9.32. The molecule has 0 bridgehead atoms. The highest BCUT2D eigenvalue weighted by atomic mass is 16.5. The molecule has 0 saturated carbocycles. The first-order chi connectivity index (χ1) is 10.1. The third kappa shape index (κ3) is 7.26. The van der Waals surface area contributed by atoms with Crippen LogP contribution in [0, 0.1) is 17.2 Å². The molecule has 21 heavy (non-hydrogen) atoms. The number of hydrogen-bond acceptors (Lipinski definition) is 4. The number of likely N-dealkylation sites (tertiary alicyclic amines) is 1. The van der Waals surface area contributed by atoms with Gasteiger partial charge in [-0.05, 0) is 71.0 Å². The molecule has 122 valence electrons. The lowest BCUT2D eigenvalue weighted by molar-refractivity contribution is 0.0896. The van der Waals surface area contributed by atoms with Crippen LogP contribution in [0.15, 0.2) is 0 Å². The van der Waals surface area contributed by atoms with E-state index in [4.69, 9.17) is 4.74 Å². The molecule has 0 aliphatic carbocycles. The van der Waals surface area contributed by atoms with Crippen molar-refractivity contribution in [1.29, 1.82) is 5.26 Å². The summed E-state index contributed by atoms with van der Waals surface area (Å²) in [5.74, 6) is 0.708. The fraction of sp³-hybridized carbons (Fsp3) is 0.941. The van der Waals surface area contributed by atoms with Gasteiger partial charge in [0, 0.05) is 13.7 Å². The Hall–Kier alpha value is -0.630. The maximum Gasteiger partial charge on any atom is 0.103 e. The molecular formula is C17H33N3O. The highest BCUT2D eigenvalue weighted by molar-refractivity contribution is 5.03. The van der Waals surface area contributed by atoms with E-state index in [0.29, 0.717) is 5.92 Å². The van der Waals surface area contributed by atoms with Crippen LogP contribution >= 0.6 is 0 Å². The molecular weight excluding hydrogens is 262 g/mol. The molecule has 2 atom stereocenters. The average Bonchev–Trinajstić information content (AvgIpc) is 2.50. The highest BCUT2D eigenvalue weighted by Crippen LogP contribution is 2.18. The third-order valence-electron chi connectivity index (χ3n) is 4.42. The van der Waals surface area contributed by atoms with Crippen LogP contribution in [0.3, 0.4) is 0 Å². The van der Waals surface area contributed by atoms with Gasteiger partial charge in [-0.3, -0.25) is 5.32 Å². The topological polar surface area (TPSA) is 48.3 Å². The van der Waals surface area contributed by atoms with Crippen LogP contribution in [-0.2, 0) is 4.74 Å². The second kappa shape index (κ2) is 10.2. The quantitative estimate of drug-likeness (QED) is 0.630. The van der Waals surface area contributed by atoms with Gasteiger partial charge in [0.15, 0.2) is 0 Å². The minimum Gasteiger partial charge on any atom is -0.384 e. The lowest BCUT2D eigenvalue weighted by Crippen LogP contribution is -2.41. The van der Waals surface area contributed by atoms with Crippen molar-refractivity contribution < 1.29 is 4.74 Å². The molecule has 0 aromatic rings. The molecule has 1 N–H and O–H groups in total. The summed E-state index contributed by atoms with van der Waals surface area (Å²) < 4.78 is 5.28. The Morgan fingerprint density at radius 1 is 1.43 bits per heavy atom. The minimum absolute atomic E-state index is 0.351. The Morgan fingerprint density at radius 2 is 2.24 bits per heavy atom. The van der Waals surface area contributed by atoms with Crippen LogP contribution in [0.1, 0.15) is 52.4 Å². The van der Waals surface area contributed by atoms with Gasteiger partial charge >= 0.3 is 0 Å². The predicted molar refractivity (Wildman–Crippen MR) is 87.2 cm³/mol. The average molecular weight is 295 g/mol. The summed E-state index contributed by atoms with van der Waals surface area (Å²) in [6.07, 6.45) is 6.92. The molecule has 0 spiro atoms. The molecule has 0 aromatic heterocycles. The molecule has 1 heterocycles. The molecule has 1 saturated heterocycles. The summed E-state index contributed by atoms with van der Waals surface area (Å²) in [6, 6.07) is 2.43. The van der Waals surface area contributed by atoms with Gasteiger partial charge in [-0.1, -0.05) is 6.92 Å². The van der Waals surface area contributed by atoms with Crippen molar-refractivity contribution in [1.82, 2.24) is 10.2 Å². The standard InChI is InChI=1S/C17H33N3O/c1-4-10-19-17(2,15-18)9-5-6-11-20-12-7-8-16(13-20)14-21-3/h16,19H,4-14H2,1-3H3. The molecule has 2 unspecified atom stereocenters. The van der Waals surface area contributed by atoms with Crippen molar-refractivity contribution in [2.75, 3.05) is 39.9 Å².